The molecule has 2 aliphatic rings. The monoisotopic (exact) mass is 516 g/mol. The molecule has 2 saturated heterocycles. The molecule has 0 aliphatic carbocycles. The summed E-state index contributed by atoms with van der Waals surface area (Å²) in [6.07, 6.45) is 0.885. The minimum atomic E-state index is -4.68. The van der Waals surface area contributed by atoms with Crippen molar-refractivity contribution in [3.05, 3.63) is 48.3 Å². The summed E-state index contributed by atoms with van der Waals surface area (Å²) < 4.78 is 49.3. The molecule has 9 nitrogen and oxygen atoms in total. The molecule has 3 N–H and O–H groups in total. The number of hydrogen-bond donors (Lipinski definition) is 2. The van der Waals surface area contributed by atoms with Gasteiger partial charge < -0.3 is 20.7 Å². The number of nitrogens with two attached hydrogens (primary N) is 1. The Bertz CT molecular complexity index is 1290. The first-order valence-electron chi connectivity index (χ1n) is 12.2. The van der Waals surface area contributed by atoms with E-state index in [2.05, 4.69) is 15.4 Å². The van der Waals surface area contributed by atoms with Crippen LogP contribution in [0.15, 0.2) is 42.7 Å². The normalized spacial score (nSPS) is 22.7. The van der Waals surface area contributed by atoms with Gasteiger partial charge in [-0.3, -0.25) is 9.59 Å². The highest BCUT2D eigenvalue weighted by molar-refractivity contribution is 6.40. The lowest BCUT2D eigenvalue weighted by Gasteiger charge is -2.42. The van der Waals surface area contributed by atoms with Crippen molar-refractivity contribution in [1.29, 1.82) is 0 Å². The fourth-order valence-corrected chi connectivity index (χ4v) is 5.11. The number of anilines is 2. The molecule has 1 aromatic carbocycles. The van der Waals surface area contributed by atoms with E-state index in [0.717, 1.165) is 19.3 Å². The highest BCUT2D eigenvalue weighted by atomic mass is 19.4. The largest absolute Gasteiger partial charge is 0.408 e. The van der Waals surface area contributed by atoms with Crippen molar-refractivity contribution in [3.63, 3.8) is 0 Å². The van der Waals surface area contributed by atoms with Gasteiger partial charge in [-0.15, -0.1) is 0 Å². The maximum absolute atomic E-state index is 14.0. The third-order valence-corrected chi connectivity index (χ3v) is 6.91. The lowest BCUT2D eigenvalue weighted by Crippen LogP contribution is -2.55. The first-order valence-corrected chi connectivity index (χ1v) is 12.2. The maximum Gasteiger partial charge on any atom is 0.408 e. The quantitative estimate of drug-likeness (QED) is 0.501. The summed E-state index contributed by atoms with van der Waals surface area (Å²) in [6.45, 7) is 0.589. The molecule has 0 spiro atoms. The lowest BCUT2D eigenvalue weighted by molar-refractivity contribution is -0.203. The molecule has 0 bridgehead atoms. The van der Waals surface area contributed by atoms with Gasteiger partial charge in [-0.25, -0.2) is 9.67 Å². The summed E-state index contributed by atoms with van der Waals surface area (Å²) in [4.78, 5) is 31.2. The van der Waals surface area contributed by atoms with Crippen LogP contribution < -0.4 is 11.1 Å². The van der Waals surface area contributed by atoms with Crippen LogP contribution >= 0.6 is 0 Å². The first-order chi connectivity index (χ1) is 17.7. The van der Waals surface area contributed by atoms with E-state index in [9.17, 15) is 22.8 Å². The molecular formula is C25H27F3N6O3. The number of nitrogens with zero attached hydrogens (tertiary/aromatic N) is 4. The van der Waals surface area contributed by atoms with Crippen LogP contribution in [0.1, 0.15) is 56.4 Å². The number of hydrogen-bond acceptors (Lipinski definition) is 6. The number of rotatable bonds is 3. The van der Waals surface area contributed by atoms with Gasteiger partial charge in [0.2, 0.25) is 0 Å². The number of likely N-dealkylation sites (tertiary alicyclic amines) is 1. The van der Waals surface area contributed by atoms with Crippen LogP contribution in [0, 0.1) is 0 Å². The van der Waals surface area contributed by atoms with Crippen molar-refractivity contribution in [2.24, 2.45) is 0 Å². The number of carbonyl (C=O) groups is 2. The summed E-state index contributed by atoms with van der Waals surface area (Å²) in [5.41, 5.74) is 6.90. The van der Waals surface area contributed by atoms with Crippen LogP contribution in [0.5, 0.6) is 0 Å². The van der Waals surface area contributed by atoms with E-state index in [1.165, 1.54) is 6.20 Å². The van der Waals surface area contributed by atoms with Crippen LogP contribution in [-0.4, -0.2) is 50.3 Å². The van der Waals surface area contributed by atoms with Gasteiger partial charge in [0, 0.05) is 12.8 Å². The number of carbonyl (C=O) groups excluding carboxylic acids is 2. The van der Waals surface area contributed by atoms with E-state index in [-0.39, 0.29) is 36.1 Å². The van der Waals surface area contributed by atoms with Gasteiger partial charge in [-0.1, -0.05) is 30.3 Å². The fraction of sp³-hybridized carbons (Fsp3) is 0.440. The smallest absolute Gasteiger partial charge is 0.383 e. The Balaban J connectivity index is 1.45. The van der Waals surface area contributed by atoms with Crippen molar-refractivity contribution < 1.29 is 27.5 Å². The molecule has 37 heavy (non-hydrogen) atoms. The van der Waals surface area contributed by atoms with Crippen LogP contribution in [0.4, 0.5) is 24.7 Å². The Hall–Kier alpha value is -3.67. The molecule has 4 heterocycles. The summed E-state index contributed by atoms with van der Waals surface area (Å²) in [6, 6.07) is 5.49. The van der Waals surface area contributed by atoms with Crippen LogP contribution in [0.25, 0.3) is 10.9 Å². The number of amides is 2. The van der Waals surface area contributed by atoms with Gasteiger partial charge in [0.05, 0.1) is 23.3 Å². The summed E-state index contributed by atoms with van der Waals surface area (Å²) in [5.74, 6) is -2.30. The second kappa shape index (κ2) is 10.0. The first kappa shape index (κ1) is 25.0. The fourth-order valence-electron chi connectivity index (χ4n) is 5.11. The van der Waals surface area contributed by atoms with E-state index in [0.29, 0.717) is 28.9 Å². The highest BCUT2D eigenvalue weighted by Crippen LogP contribution is 2.41. The molecule has 2 amide bonds. The van der Waals surface area contributed by atoms with E-state index in [1.54, 1.807) is 41.2 Å². The number of nitrogen functional groups attached to an aromatic ring is 1. The van der Waals surface area contributed by atoms with E-state index >= 15 is 0 Å². The molecule has 12 heteroatoms. The number of halogens is 3. The number of fused-ring (bicyclic) bond motifs is 1. The zero-order chi connectivity index (χ0) is 26.2. The molecule has 2 aromatic heterocycles. The molecule has 2 aliphatic heterocycles. The van der Waals surface area contributed by atoms with Gasteiger partial charge in [-0.2, -0.15) is 18.3 Å². The molecule has 2 fully saturated rings. The molecule has 0 saturated carbocycles. The number of benzene rings is 1. The number of ether oxygens (including phenoxy) is 1. The Morgan fingerprint density at radius 2 is 1.86 bits per heavy atom. The lowest BCUT2D eigenvalue weighted by atomic mass is 9.90. The number of piperidine rings is 1. The third-order valence-electron chi connectivity index (χ3n) is 6.91. The molecular weight excluding hydrogens is 489 g/mol. The predicted molar refractivity (Wildman–Crippen MR) is 129 cm³/mol. The van der Waals surface area contributed by atoms with Crippen molar-refractivity contribution in [2.75, 3.05) is 17.7 Å². The standard InChI is InChI=1S/C25H27F3N6O3/c26-25(27,28)19-10-6-9-18(15-7-2-1-3-8-15)34(19)24(36)23(35)31-17-13-30-22(29)16-14-33(32-21(16)17)20-11-4-5-12-37-20/h1-3,7-8,13-14,18-20H,4-6,9-12H2,(H2,29,30)(H,31,35)/t18-,19+,20?/m1/s1. The molecule has 196 valence electrons. The van der Waals surface area contributed by atoms with Gasteiger partial charge in [0.1, 0.15) is 23.6 Å². The van der Waals surface area contributed by atoms with Gasteiger partial charge in [-0.05, 0) is 44.1 Å². The summed E-state index contributed by atoms with van der Waals surface area (Å²) in [7, 11) is 0. The highest BCUT2D eigenvalue weighted by Gasteiger charge is 2.50. The summed E-state index contributed by atoms with van der Waals surface area (Å²) in [5, 5.41) is 7.37. The van der Waals surface area contributed by atoms with Gasteiger partial charge in [0.25, 0.3) is 0 Å². The van der Waals surface area contributed by atoms with E-state index in [1.807, 2.05) is 0 Å². The topological polar surface area (TPSA) is 115 Å². The van der Waals surface area contributed by atoms with Gasteiger partial charge in [0.15, 0.2) is 0 Å². The van der Waals surface area contributed by atoms with Crippen LogP contribution in [0.2, 0.25) is 0 Å². The number of nitrogens with one attached hydrogen (secondary N) is 1. The molecule has 5 rings (SSSR count). The van der Waals surface area contributed by atoms with Crippen LogP contribution in [-0.2, 0) is 14.3 Å². The zero-order valence-corrected chi connectivity index (χ0v) is 19.9. The van der Waals surface area contributed by atoms with Crippen LogP contribution in [0.3, 0.4) is 0 Å². The molecule has 1 unspecified atom stereocenters. The van der Waals surface area contributed by atoms with Crippen molar-refractivity contribution in [2.45, 2.75) is 63.0 Å². The van der Waals surface area contributed by atoms with Crippen molar-refractivity contribution >= 4 is 34.2 Å². The number of aromatic nitrogens is 3. The minimum Gasteiger partial charge on any atom is -0.383 e. The minimum absolute atomic E-state index is 0.0777. The molecule has 3 atom stereocenters. The Kier molecular flexibility index (Phi) is 6.76. The average Bonchev–Trinajstić information content (AvgIpc) is 3.37. The number of alkyl halides is 3. The van der Waals surface area contributed by atoms with E-state index < -0.39 is 30.1 Å². The molecule has 0 radical (unpaired) electrons. The second-order valence-electron chi connectivity index (χ2n) is 9.33. The van der Waals surface area contributed by atoms with Gasteiger partial charge >= 0.3 is 18.0 Å². The zero-order valence-electron chi connectivity index (χ0n) is 19.9. The number of pyridine rings is 1. The van der Waals surface area contributed by atoms with Crippen molar-refractivity contribution in [3.8, 4) is 0 Å². The Labute approximate surface area is 210 Å². The van der Waals surface area contributed by atoms with Crippen molar-refractivity contribution in [1.82, 2.24) is 19.7 Å². The Morgan fingerprint density at radius 3 is 2.57 bits per heavy atom. The Morgan fingerprint density at radius 1 is 1.08 bits per heavy atom. The second-order valence-corrected chi connectivity index (χ2v) is 9.33. The predicted octanol–water partition coefficient (Wildman–Crippen LogP) is 4.34. The average molecular weight is 517 g/mol. The third kappa shape index (κ3) is 4.97. The SMILES string of the molecule is Nc1ncc(NC(=O)C(=O)N2[C@@H](c3ccccc3)CCC[C@H]2C(F)(F)F)c2nn(C3CCCCO3)cc12. The maximum atomic E-state index is 14.0. The van der Waals surface area contributed by atoms with E-state index in [4.69, 9.17) is 10.5 Å². The summed E-state index contributed by atoms with van der Waals surface area (Å²) >= 11 is 0. The molecule has 3 aromatic rings.